The third-order valence-corrected chi connectivity index (χ3v) is 4.45. The molecule has 2 heterocycles. The van der Waals surface area contributed by atoms with Crippen LogP contribution in [0.4, 0.5) is 26.1 Å². The molecule has 3 rings (SSSR count). The van der Waals surface area contributed by atoms with Gasteiger partial charge >= 0.3 is 0 Å². The number of pyridine rings is 2. The maximum atomic E-state index is 14.5. The van der Waals surface area contributed by atoms with Gasteiger partial charge in [-0.2, -0.15) is 0 Å². The van der Waals surface area contributed by atoms with Crippen molar-refractivity contribution >= 4 is 23.2 Å². The molecule has 0 unspecified atom stereocenters. The molecule has 1 saturated carbocycles. The lowest BCUT2D eigenvalue weighted by atomic mass is 10.0. The van der Waals surface area contributed by atoms with Crippen LogP contribution in [0, 0.1) is 17.6 Å². The van der Waals surface area contributed by atoms with Crippen molar-refractivity contribution in [2.45, 2.75) is 38.3 Å². The molecule has 6 N–H and O–H groups in total. The van der Waals surface area contributed by atoms with Crippen molar-refractivity contribution in [3.05, 3.63) is 41.7 Å². The third kappa shape index (κ3) is 4.88. The second-order valence-electron chi connectivity index (χ2n) is 6.89. The van der Waals surface area contributed by atoms with Crippen LogP contribution < -0.4 is 22.1 Å². The summed E-state index contributed by atoms with van der Waals surface area (Å²) in [6.07, 6.45) is 5.48. The number of hydrogen-bond donors (Lipinski definition) is 4. The van der Waals surface area contributed by atoms with E-state index in [0.29, 0.717) is 5.92 Å². The molecule has 0 spiro atoms. The fraction of sp³-hybridized carbons (Fsp3) is 0.389. The second-order valence-corrected chi connectivity index (χ2v) is 6.89. The topological polar surface area (TPSA) is 119 Å². The standard InChI is InChI=1S/C18H22F2N6O/c1-9(21)15(4-10-2-3-10)25-18-14(20)6-13(16(22)27)17(26-18)24-12-5-11(19)7-23-8-12/h5-10,15H,2-4,21H2,1H3,(H2,22,27)(H2,24,25,26)/t9-,15+/m0/s1. The highest BCUT2D eigenvalue weighted by molar-refractivity contribution is 5.98. The van der Waals surface area contributed by atoms with Gasteiger partial charge < -0.3 is 22.1 Å². The van der Waals surface area contributed by atoms with Gasteiger partial charge in [0.25, 0.3) is 5.91 Å². The van der Waals surface area contributed by atoms with Crippen LogP contribution in [-0.2, 0) is 0 Å². The van der Waals surface area contributed by atoms with E-state index in [4.69, 9.17) is 11.5 Å². The van der Waals surface area contributed by atoms with Crippen molar-refractivity contribution < 1.29 is 13.6 Å². The largest absolute Gasteiger partial charge is 0.365 e. The number of aromatic nitrogens is 2. The van der Waals surface area contributed by atoms with Crippen molar-refractivity contribution in [2.24, 2.45) is 17.4 Å². The van der Waals surface area contributed by atoms with Crippen molar-refractivity contribution in [3.63, 3.8) is 0 Å². The monoisotopic (exact) mass is 376 g/mol. The maximum absolute atomic E-state index is 14.5. The van der Waals surface area contributed by atoms with Gasteiger partial charge in [0, 0.05) is 18.2 Å². The van der Waals surface area contributed by atoms with Crippen LogP contribution in [0.1, 0.15) is 36.5 Å². The summed E-state index contributed by atoms with van der Waals surface area (Å²) in [5.41, 5.74) is 11.4. The zero-order chi connectivity index (χ0) is 19.6. The summed E-state index contributed by atoms with van der Waals surface area (Å²) in [5.74, 6) is -1.60. The average molecular weight is 376 g/mol. The number of carbonyl (C=O) groups excluding carboxylic acids is 1. The number of anilines is 3. The Morgan fingerprint density at radius 3 is 2.63 bits per heavy atom. The van der Waals surface area contributed by atoms with Crippen molar-refractivity contribution in [2.75, 3.05) is 10.6 Å². The minimum absolute atomic E-state index is 0.00801. The molecule has 2 aromatic heterocycles. The molecule has 2 atom stereocenters. The summed E-state index contributed by atoms with van der Waals surface area (Å²) >= 11 is 0. The Morgan fingerprint density at radius 2 is 2.04 bits per heavy atom. The van der Waals surface area contributed by atoms with E-state index in [2.05, 4.69) is 20.6 Å². The summed E-state index contributed by atoms with van der Waals surface area (Å²) in [7, 11) is 0. The number of rotatable bonds is 8. The van der Waals surface area contributed by atoms with E-state index in [1.807, 2.05) is 6.92 Å². The molecule has 0 bridgehead atoms. The summed E-state index contributed by atoms with van der Waals surface area (Å²) in [4.78, 5) is 19.6. The summed E-state index contributed by atoms with van der Waals surface area (Å²) in [6, 6.07) is 1.80. The molecule has 2 aromatic rings. The van der Waals surface area contributed by atoms with Crippen LogP contribution >= 0.6 is 0 Å². The van der Waals surface area contributed by atoms with Crippen LogP contribution in [0.15, 0.2) is 24.5 Å². The van der Waals surface area contributed by atoms with Crippen molar-refractivity contribution in [3.8, 4) is 0 Å². The predicted molar refractivity (Wildman–Crippen MR) is 98.6 cm³/mol. The van der Waals surface area contributed by atoms with Gasteiger partial charge in [-0.1, -0.05) is 12.8 Å². The normalized spacial score (nSPS) is 15.9. The van der Waals surface area contributed by atoms with Crippen molar-refractivity contribution in [1.29, 1.82) is 0 Å². The molecule has 0 saturated heterocycles. The first-order valence-electron chi connectivity index (χ1n) is 8.73. The fourth-order valence-corrected chi connectivity index (χ4v) is 2.78. The highest BCUT2D eigenvalue weighted by Crippen LogP contribution is 2.35. The number of halogens is 2. The quantitative estimate of drug-likeness (QED) is 0.562. The number of nitrogens with two attached hydrogens (primary N) is 2. The number of hydrogen-bond acceptors (Lipinski definition) is 6. The summed E-state index contributed by atoms with van der Waals surface area (Å²) < 4.78 is 27.9. The van der Waals surface area contributed by atoms with E-state index in [9.17, 15) is 13.6 Å². The molecule has 7 nitrogen and oxygen atoms in total. The SMILES string of the molecule is C[C@H](N)[C@@H](CC1CC1)Nc1nc(Nc2cncc(F)c2)c(C(N)=O)cc1F. The molecule has 0 aromatic carbocycles. The van der Waals surface area contributed by atoms with Gasteiger partial charge in [-0.15, -0.1) is 0 Å². The molecular formula is C18H22F2N6O. The summed E-state index contributed by atoms with van der Waals surface area (Å²) in [6.45, 7) is 1.84. The van der Waals surface area contributed by atoms with E-state index >= 15 is 0 Å². The van der Waals surface area contributed by atoms with Gasteiger partial charge in [0.1, 0.15) is 11.6 Å². The molecular weight excluding hydrogens is 354 g/mol. The van der Waals surface area contributed by atoms with Crippen LogP contribution in [0.2, 0.25) is 0 Å². The number of nitrogens with zero attached hydrogens (tertiary/aromatic N) is 2. The van der Waals surface area contributed by atoms with E-state index in [0.717, 1.165) is 31.5 Å². The lowest BCUT2D eigenvalue weighted by Crippen LogP contribution is -2.39. The first-order valence-corrected chi connectivity index (χ1v) is 8.73. The number of primary amides is 1. The Bertz CT molecular complexity index is 841. The number of nitrogens with one attached hydrogen (secondary N) is 2. The predicted octanol–water partition coefficient (Wildman–Crippen LogP) is 2.53. The number of carbonyl (C=O) groups is 1. The molecule has 1 fully saturated rings. The Balaban J connectivity index is 1.91. The van der Waals surface area contributed by atoms with Crippen molar-refractivity contribution in [1.82, 2.24) is 9.97 Å². The first kappa shape index (κ1) is 19.0. The minimum Gasteiger partial charge on any atom is -0.365 e. The van der Waals surface area contributed by atoms with Gasteiger partial charge in [-0.05, 0) is 25.3 Å². The molecule has 0 radical (unpaired) electrons. The smallest absolute Gasteiger partial charge is 0.252 e. The molecule has 144 valence electrons. The lowest BCUT2D eigenvalue weighted by molar-refractivity contribution is 0.100. The highest BCUT2D eigenvalue weighted by atomic mass is 19.1. The Kier molecular flexibility index (Phi) is 5.50. The van der Waals surface area contributed by atoms with Crippen LogP contribution in [0.3, 0.4) is 0 Å². The zero-order valence-corrected chi connectivity index (χ0v) is 14.9. The van der Waals surface area contributed by atoms with Gasteiger partial charge in [0.15, 0.2) is 11.6 Å². The van der Waals surface area contributed by atoms with Gasteiger partial charge in [-0.3, -0.25) is 9.78 Å². The molecule has 9 heteroatoms. The molecule has 1 amide bonds. The molecule has 27 heavy (non-hydrogen) atoms. The molecule has 1 aliphatic rings. The number of amides is 1. The van der Waals surface area contributed by atoms with Gasteiger partial charge in [0.2, 0.25) is 0 Å². The van der Waals surface area contributed by atoms with E-state index in [1.54, 1.807) is 0 Å². The Labute approximate surface area is 155 Å². The lowest BCUT2D eigenvalue weighted by Gasteiger charge is -2.23. The first-order chi connectivity index (χ1) is 12.8. The second kappa shape index (κ2) is 7.83. The Hall–Kier alpha value is -2.81. The molecule has 0 aliphatic heterocycles. The van der Waals surface area contributed by atoms with Gasteiger partial charge in [-0.25, -0.2) is 13.8 Å². The summed E-state index contributed by atoms with van der Waals surface area (Å²) in [5, 5.41) is 5.79. The van der Waals surface area contributed by atoms with E-state index in [1.165, 1.54) is 12.3 Å². The van der Waals surface area contributed by atoms with E-state index < -0.39 is 17.5 Å². The average Bonchev–Trinajstić information content (AvgIpc) is 3.40. The van der Waals surface area contributed by atoms with Gasteiger partial charge in [0.05, 0.1) is 23.6 Å². The third-order valence-electron chi connectivity index (χ3n) is 4.45. The van der Waals surface area contributed by atoms with Crippen LogP contribution in [0.25, 0.3) is 0 Å². The maximum Gasteiger partial charge on any atom is 0.252 e. The fourth-order valence-electron chi connectivity index (χ4n) is 2.78. The minimum atomic E-state index is -0.860. The molecule has 1 aliphatic carbocycles. The van der Waals surface area contributed by atoms with Crippen LogP contribution in [-0.4, -0.2) is 28.0 Å². The van der Waals surface area contributed by atoms with Crippen LogP contribution in [0.5, 0.6) is 0 Å². The highest BCUT2D eigenvalue weighted by Gasteiger charge is 2.28. The zero-order valence-electron chi connectivity index (χ0n) is 14.9. The Morgan fingerprint density at radius 1 is 1.30 bits per heavy atom. The van der Waals surface area contributed by atoms with E-state index in [-0.39, 0.29) is 35.0 Å².